The fraction of sp³-hybridized carbons (Fsp3) is 0.158. The Labute approximate surface area is 139 Å². The highest BCUT2D eigenvalue weighted by atomic mass is 19.1. The van der Waals surface area contributed by atoms with Crippen LogP contribution in [0.25, 0.3) is 11.3 Å². The molecule has 0 saturated carbocycles. The van der Waals surface area contributed by atoms with E-state index in [1.165, 1.54) is 12.1 Å². The van der Waals surface area contributed by atoms with E-state index in [2.05, 4.69) is 10.5 Å². The third-order valence-electron chi connectivity index (χ3n) is 3.91. The SMILES string of the molecule is Cc1cccc(C)c1NC(=O)c1c(-c2cccc(F)c2)noc1C. The predicted molar refractivity (Wildman–Crippen MR) is 90.5 cm³/mol. The summed E-state index contributed by atoms with van der Waals surface area (Å²) in [5, 5.41) is 6.85. The van der Waals surface area contributed by atoms with Gasteiger partial charge in [-0.05, 0) is 44.0 Å². The maximum atomic E-state index is 13.5. The average Bonchev–Trinajstić information content (AvgIpc) is 2.93. The summed E-state index contributed by atoms with van der Waals surface area (Å²) >= 11 is 0. The topological polar surface area (TPSA) is 55.1 Å². The van der Waals surface area contributed by atoms with E-state index in [-0.39, 0.29) is 5.91 Å². The highest BCUT2D eigenvalue weighted by Gasteiger charge is 2.22. The highest BCUT2D eigenvalue weighted by Crippen LogP contribution is 2.28. The number of carbonyl (C=O) groups is 1. The molecule has 5 heteroatoms. The standard InChI is InChI=1S/C19H17FN2O2/c1-11-6-4-7-12(2)17(11)21-19(23)16-13(3)24-22-18(16)14-8-5-9-15(20)10-14/h4-10H,1-3H3,(H,21,23). The van der Waals surface area contributed by atoms with Gasteiger partial charge in [0, 0.05) is 11.3 Å². The Bertz CT molecular complexity index is 895. The molecule has 122 valence electrons. The lowest BCUT2D eigenvalue weighted by Gasteiger charge is -2.11. The normalized spacial score (nSPS) is 10.7. The molecule has 4 nitrogen and oxygen atoms in total. The Balaban J connectivity index is 2.01. The minimum atomic E-state index is -0.394. The molecule has 2 aromatic carbocycles. The number of nitrogens with zero attached hydrogens (tertiary/aromatic N) is 1. The summed E-state index contributed by atoms with van der Waals surface area (Å²) in [5.74, 6) is -0.335. The van der Waals surface area contributed by atoms with E-state index < -0.39 is 5.82 Å². The number of carbonyl (C=O) groups excluding carboxylic acids is 1. The largest absolute Gasteiger partial charge is 0.360 e. The van der Waals surface area contributed by atoms with E-state index in [1.807, 2.05) is 32.0 Å². The van der Waals surface area contributed by atoms with Crippen LogP contribution >= 0.6 is 0 Å². The van der Waals surface area contributed by atoms with E-state index in [1.54, 1.807) is 19.1 Å². The number of hydrogen-bond acceptors (Lipinski definition) is 3. The van der Waals surface area contributed by atoms with E-state index >= 15 is 0 Å². The Morgan fingerprint density at radius 1 is 1.08 bits per heavy atom. The van der Waals surface area contributed by atoms with Crippen molar-refractivity contribution >= 4 is 11.6 Å². The van der Waals surface area contributed by atoms with Crippen LogP contribution in [0.4, 0.5) is 10.1 Å². The van der Waals surface area contributed by atoms with Gasteiger partial charge in [-0.3, -0.25) is 4.79 Å². The van der Waals surface area contributed by atoms with Gasteiger partial charge in [0.2, 0.25) is 0 Å². The Morgan fingerprint density at radius 2 is 1.75 bits per heavy atom. The van der Waals surface area contributed by atoms with Crippen LogP contribution in [0.1, 0.15) is 27.2 Å². The van der Waals surface area contributed by atoms with Gasteiger partial charge in [-0.2, -0.15) is 0 Å². The van der Waals surface area contributed by atoms with E-state index in [0.717, 1.165) is 16.8 Å². The zero-order chi connectivity index (χ0) is 17.3. The molecule has 0 aliphatic heterocycles. The van der Waals surface area contributed by atoms with Crippen LogP contribution in [-0.4, -0.2) is 11.1 Å². The Hall–Kier alpha value is -2.95. The zero-order valence-electron chi connectivity index (χ0n) is 13.7. The summed E-state index contributed by atoms with van der Waals surface area (Å²) in [5.41, 5.74) is 3.82. The van der Waals surface area contributed by atoms with Crippen LogP contribution in [0.5, 0.6) is 0 Å². The van der Waals surface area contributed by atoms with Crippen molar-refractivity contribution in [1.82, 2.24) is 5.16 Å². The molecule has 0 fully saturated rings. The highest BCUT2D eigenvalue weighted by molar-refractivity contribution is 6.09. The molecule has 0 bridgehead atoms. The van der Waals surface area contributed by atoms with Gasteiger partial charge in [-0.1, -0.05) is 35.5 Å². The van der Waals surface area contributed by atoms with Crippen LogP contribution < -0.4 is 5.32 Å². The summed E-state index contributed by atoms with van der Waals surface area (Å²) in [6.07, 6.45) is 0. The second-order valence-electron chi connectivity index (χ2n) is 5.69. The molecule has 0 aliphatic carbocycles. The first-order valence-electron chi connectivity index (χ1n) is 7.57. The number of para-hydroxylation sites is 1. The van der Waals surface area contributed by atoms with Gasteiger partial charge < -0.3 is 9.84 Å². The molecule has 1 heterocycles. The molecule has 0 atom stereocenters. The molecular formula is C19H17FN2O2. The fourth-order valence-electron chi connectivity index (χ4n) is 2.66. The predicted octanol–water partition coefficient (Wildman–Crippen LogP) is 4.66. The van der Waals surface area contributed by atoms with Gasteiger partial charge in [-0.15, -0.1) is 0 Å². The third-order valence-corrected chi connectivity index (χ3v) is 3.91. The number of halogens is 1. The average molecular weight is 324 g/mol. The number of benzene rings is 2. The second kappa shape index (κ2) is 6.28. The summed E-state index contributed by atoms with van der Waals surface area (Å²) in [6, 6.07) is 11.7. The molecule has 0 saturated heterocycles. The molecule has 1 amide bonds. The van der Waals surface area contributed by atoms with Gasteiger partial charge in [0.1, 0.15) is 22.8 Å². The lowest BCUT2D eigenvalue weighted by atomic mass is 10.0. The van der Waals surface area contributed by atoms with Gasteiger partial charge in [0.15, 0.2) is 0 Å². The maximum absolute atomic E-state index is 13.5. The molecule has 24 heavy (non-hydrogen) atoms. The number of amides is 1. The molecule has 0 aliphatic rings. The first-order chi connectivity index (χ1) is 11.5. The molecule has 0 radical (unpaired) electrons. The first-order valence-corrected chi connectivity index (χ1v) is 7.57. The number of nitrogens with one attached hydrogen (secondary N) is 1. The molecule has 0 spiro atoms. The van der Waals surface area contributed by atoms with Crippen molar-refractivity contribution in [1.29, 1.82) is 0 Å². The van der Waals surface area contributed by atoms with Crippen LogP contribution in [0.3, 0.4) is 0 Å². The number of aromatic nitrogens is 1. The third kappa shape index (κ3) is 2.93. The minimum absolute atomic E-state index is 0.309. The molecular weight excluding hydrogens is 307 g/mol. The number of rotatable bonds is 3. The number of aryl methyl sites for hydroxylation is 3. The van der Waals surface area contributed by atoms with Crippen LogP contribution in [0.15, 0.2) is 47.0 Å². The first kappa shape index (κ1) is 15.9. The van der Waals surface area contributed by atoms with Crippen molar-refractivity contribution < 1.29 is 13.7 Å². The molecule has 3 rings (SSSR count). The summed E-state index contributed by atoms with van der Waals surface area (Å²) < 4.78 is 18.7. The van der Waals surface area contributed by atoms with Crippen LogP contribution in [-0.2, 0) is 0 Å². The smallest absolute Gasteiger partial charge is 0.261 e. The van der Waals surface area contributed by atoms with E-state index in [0.29, 0.717) is 22.6 Å². The van der Waals surface area contributed by atoms with Crippen molar-refractivity contribution in [3.63, 3.8) is 0 Å². The summed E-state index contributed by atoms with van der Waals surface area (Å²) in [7, 11) is 0. The van der Waals surface area contributed by atoms with Gasteiger partial charge in [-0.25, -0.2) is 4.39 Å². The van der Waals surface area contributed by atoms with Gasteiger partial charge in [0.05, 0.1) is 0 Å². The number of anilines is 1. The summed E-state index contributed by atoms with van der Waals surface area (Å²) in [6.45, 7) is 5.52. The fourth-order valence-corrected chi connectivity index (χ4v) is 2.66. The van der Waals surface area contributed by atoms with E-state index in [4.69, 9.17) is 4.52 Å². The van der Waals surface area contributed by atoms with Crippen molar-refractivity contribution in [2.45, 2.75) is 20.8 Å². The van der Waals surface area contributed by atoms with Crippen LogP contribution in [0, 0.1) is 26.6 Å². The van der Waals surface area contributed by atoms with Gasteiger partial charge in [0.25, 0.3) is 5.91 Å². The van der Waals surface area contributed by atoms with Crippen molar-refractivity contribution in [3.05, 3.63) is 70.7 Å². The van der Waals surface area contributed by atoms with Crippen molar-refractivity contribution in [3.8, 4) is 11.3 Å². The van der Waals surface area contributed by atoms with Crippen molar-refractivity contribution in [2.24, 2.45) is 0 Å². The summed E-state index contributed by atoms with van der Waals surface area (Å²) in [4.78, 5) is 12.8. The zero-order valence-corrected chi connectivity index (χ0v) is 13.7. The van der Waals surface area contributed by atoms with Crippen molar-refractivity contribution in [2.75, 3.05) is 5.32 Å². The molecule has 3 aromatic rings. The van der Waals surface area contributed by atoms with E-state index in [9.17, 15) is 9.18 Å². The molecule has 0 unspecified atom stereocenters. The maximum Gasteiger partial charge on any atom is 0.261 e. The molecule has 1 N–H and O–H groups in total. The Morgan fingerprint density at radius 3 is 2.42 bits per heavy atom. The lowest BCUT2D eigenvalue weighted by Crippen LogP contribution is -2.15. The quantitative estimate of drug-likeness (QED) is 0.762. The second-order valence-corrected chi connectivity index (χ2v) is 5.69. The number of hydrogen-bond donors (Lipinski definition) is 1. The minimum Gasteiger partial charge on any atom is -0.360 e. The molecule has 1 aromatic heterocycles. The monoisotopic (exact) mass is 324 g/mol. The van der Waals surface area contributed by atoms with Crippen LogP contribution in [0.2, 0.25) is 0 Å². The van der Waals surface area contributed by atoms with Gasteiger partial charge >= 0.3 is 0 Å². The Kier molecular flexibility index (Phi) is 4.16. The lowest BCUT2D eigenvalue weighted by molar-refractivity contribution is 0.102.